The van der Waals surface area contributed by atoms with Crippen LogP contribution in [0.15, 0.2) is 10.9 Å². The Morgan fingerprint density at radius 2 is 2.17 bits per heavy atom. The van der Waals surface area contributed by atoms with Crippen LogP contribution >= 0.6 is 11.8 Å². The highest BCUT2D eigenvalue weighted by Crippen LogP contribution is 2.28. The van der Waals surface area contributed by atoms with E-state index in [1.807, 2.05) is 6.92 Å². The molecule has 0 aliphatic carbocycles. The fourth-order valence-corrected chi connectivity index (χ4v) is 3.55. The Kier molecular flexibility index (Phi) is 5.72. The molecular formula is C14H18F3N3O2S. The van der Waals surface area contributed by atoms with Gasteiger partial charge in [0.25, 0.3) is 5.56 Å². The molecule has 1 aromatic rings. The van der Waals surface area contributed by atoms with Gasteiger partial charge in [0.2, 0.25) is 5.91 Å². The van der Waals surface area contributed by atoms with Gasteiger partial charge in [-0.3, -0.25) is 9.59 Å². The lowest BCUT2D eigenvalue weighted by Gasteiger charge is -2.32. The van der Waals surface area contributed by atoms with Gasteiger partial charge in [0.1, 0.15) is 12.4 Å². The second kappa shape index (κ2) is 7.37. The lowest BCUT2D eigenvalue weighted by molar-refractivity contribution is -0.162. The summed E-state index contributed by atoms with van der Waals surface area (Å²) < 4.78 is 37.4. The van der Waals surface area contributed by atoms with Crippen molar-refractivity contribution in [1.82, 2.24) is 14.9 Å². The highest BCUT2D eigenvalue weighted by atomic mass is 32.2. The minimum Gasteiger partial charge on any atom is -0.333 e. The molecular weight excluding hydrogens is 331 g/mol. The Labute approximate surface area is 135 Å². The first-order valence-corrected chi connectivity index (χ1v) is 8.39. The Morgan fingerprint density at radius 3 is 2.83 bits per heavy atom. The molecule has 1 aromatic heterocycles. The number of amides is 1. The van der Waals surface area contributed by atoms with Gasteiger partial charge < -0.3 is 9.88 Å². The predicted molar refractivity (Wildman–Crippen MR) is 81.2 cm³/mol. The van der Waals surface area contributed by atoms with E-state index in [0.29, 0.717) is 36.5 Å². The molecule has 5 nitrogen and oxygen atoms in total. The van der Waals surface area contributed by atoms with Crippen molar-refractivity contribution in [3.05, 3.63) is 27.9 Å². The van der Waals surface area contributed by atoms with Crippen LogP contribution in [0.3, 0.4) is 0 Å². The fraction of sp³-hybridized carbons (Fsp3) is 0.643. The number of H-pyrrole nitrogens is 1. The number of hydrogen-bond acceptors (Lipinski definition) is 4. The number of carbonyl (C=O) groups is 1. The maximum Gasteiger partial charge on any atom is 0.406 e. The van der Waals surface area contributed by atoms with Crippen LogP contribution in [0.1, 0.15) is 31.3 Å². The van der Waals surface area contributed by atoms with Crippen molar-refractivity contribution in [2.75, 3.05) is 13.1 Å². The molecule has 1 atom stereocenters. The van der Waals surface area contributed by atoms with Crippen LogP contribution in [0, 0.1) is 0 Å². The number of aromatic amines is 1. The van der Waals surface area contributed by atoms with Crippen molar-refractivity contribution >= 4 is 17.7 Å². The van der Waals surface area contributed by atoms with Crippen LogP contribution in [-0.4, -0.2) is 45.3 Å². The molecule has 1 aliphatic rings. The predicted octanol–water partition coefficient (Wildman–Crippen LogP) is 2.12. The first kappa shape index (κ1) is 17.8. The van der Waals surface area contributed by atoms with Crippen LogP contribution in [-0.2, 0) is 17.0 Å². The zero-order chi connectivity index (χ0) is 17.0. The van der Waals surface area contributed by atoms with E-state index in [1.165, 1.54) is 17.8 Å². The number of nitrogens with zero attached hydrogens (tertiary/aromatic N) is 2. The van der Waals surface area contributed by atoms with Gasteiger partial charge in [-0.2, -0.15) is 13.2 Å². The molecule has 2 heterocycles. The van der Waals surface area contributed by atoms with Crippen molar-refractivity contribution in [2.45, 2.75) is 43.4 Å². The molecule has 9 heteroatoms. The van der Waals surface area contributed by atoms with Crippen molar-refractivity contribution < 1.29 is 18.0 Å². The van der Waals surface area contributed by atoms with E-state index in [-0.39, 0.29) is 12.1 Å². The third-order valence-corrected chi connectivity index (χ3v) is 4.76. The third kappa shape index (κ3) is 5.26. The van der Waals surface area contributed by atoms with Crippen molar-refractivity contribution in [2.24, 2.45) is 0 Å². The summed E-state index contributed by atoms with van der Waals surface area (Å²) in [6.07, 6.45) is -2.69. The summed E-state index contributed by atoms with van der Waals surface area (Å²) in [5.74, 6) is 0.243. The molecule has 1 N–H and O–H groups in total. The Bertz CT molecular complexity index is 618. The van der Waals surface area contributed by atoms with E-state index in [9.17, 15) is 22.8 Å². The standard InChI is InChI=1S/C14H18F3N3O2S/c1-2-9-6-12(21)19-11(18-9)7-23-10-4-3-5-20(13(10)22)8-14(15,16)17/h6,10H,2-5,7-8H2,1H3,(H,18,19,21). The van der Waals surface area contributed by atoms with Crippen molar-refractivity contribution in [3.8, 4) is 0 Å². The number of nitrogens with one attached hydrogen (secondary N) is 1. The number of alkyl halides is 3. The highest BCUT2D eigenvalue weighted by molar-refractivity contribution is 7.99. The summed E-state index contributed by atoms with van der Waals surface area (Å²) in [6, 6.07) is 1.41. The number of halogens is 3. The molecule has 1 aliphatic heterocycles. The highest BCUT2D eigenvalue weighted by Gasteiger charge is 2.37. The zero-order valence-electron chi connectivity index (χ0n) is 12.7. The van der Waals surface area contributed by atoms with Crippen LogP contribution < -0.4 is 5.56 Å². The van der Waals surface area contributed by atoms with Gasteiger partial charge in [0.05, 0.1) is 11.0 Å². The largest absolute Gasteiger partial charge is 0.406 e. The third-order valence-electron chi connectivity index (χ3n) is 3.48. The SMILES string of the molecule is CCc1cc(=O)[nH]c(CSC2CCCN(CC(F)(F)F)C2=O)n1. The van der Waals surface area contributed by atoms with Crippen LogP contribution in [0.4, 0.5) is 13.2 Å². The molecule has 1 unspecified atom stereocenters. The minimum atomic E-state index is -4.38. The Balaban J connectivity index is 1.98. The molecule has 1 fully saturated rings. The minimum absolute atomic E-state index is 0.135. The first-order chi connectivity index (χ1) is 10.8. The molecule has 23 heavy (non-hydrogen) atoms. The van der Waals surface area contributed by atoms with Crippen molar-refractivity contribution in [1.29, 1.82) is 0 Å². The fourth-order valence-electron chi connectivity index (χ4n) is 2.43. The number of rotatable bonds is 5. The molecule has 2 rings (SSSR count). The summed E-state index contributed by atoms with van der Waals surface area (Å²) in [5.41, 5.74) is 0.388. The average Bonchev–Trinajstić information content (AvgIpc) is 2.46. The van der Waals surface area contributed by atoms with Gasteiger partial charge in [-0.15, -0.1) is 11.8 Å². The average molecular weight is 349 g/mol. The molecule has 0 saturated carbocycles. The second-order valence-electron chi connectivity index (χ2n) is 5.35. The number of likely N-dealkylation sites (tertiary alicyclic amines) is 1. The van der Waals surface area contributed by atoms with Crippen LogP contribution in [0.5, 0.6) is 0 Å². The number of thioether (sulfide) groups is 1. The van der Waals surface area contributed by atoms with Crippen LogP contribution in [0.25, 0.3) is 0 Å². The number of aromatic nitrogens is 2. The van der Waals surface area contributed by atoms with Crippen molar-refractivity contribution in [3.63, 3.8) is 0 Å². The van der Waals surface area contributed by atoms with E-state index >= 15 is 0 Å². The van der Waals surface area contributed by atoms with E-state index in [1.54, 1.807) is 0 Å². The number of hydrogen-bond donors (Lipinski definition) is 1. The lowest BCUT2D eigenvalue weighted by atomic mass is 10.1. The maximum absolute atomic E-state index is 12.5. The van der Waals surface area contributed by atoms with E-state index in [4.69, 9.17) is 0 Å². The van der Waals surface area contributed by atoms with Gasteiger partial charge in [-0.1, -0.05) is 6.92 Å². The molecule has 0 radical (unpaired) electrons. The lowest BCUT2D eigenvalue weighted by Crippen LogP contribution is -2.47. The summed E-state index contributed by atoms with van der Waals surface area (Å²) >= 11 is 1.23. The second-order valence-corrected chi connectivity index (χ2v) is 6.54. The molecule has 0 spiro atoms. The van der Waals surface area contributed by atoms with E-state index in [0.717, 1.165) is 4.90 Å². The van der Waals surface area contributed by atoms with Gasteiger partial charge in [0.15, 0.2) is 0 Å². The quantitative estimate of drug-likeness (QED) is 0.884. The summed E-state index contributed by atoms with van der Waals surface area (Å²) in [5, 5.41) is -0.526. The summed E-state index contributed by atoms with van der Waals surface area (Å²) in [4.78, 5) is 31.3. The van der Waals surface area contributed by atoms with Gasteiger partial charge in [-0.05, 0) is 19.3 Å². The molecule has 1 amide bonds. The first-order valence-electron chi connectivity index (χ1n) is 7.34. The molecule has 128 valence electrons. The summed E-state index contributed by atoms with van der Waals surface area (Å²) in [6.45, 7) is 0.803. The van der Waals surface area contributed by atoms with Gasteiger partial charge >= 0.3 is 6.18 Å². The number of aryl methyl sites for hydroxylation is 1. The smallest absolute Gasteiger partial charge is 0.333 e. The number of piperidine rings is 1. The van der Waals surface area contributed by atoms with E-state index < -0.39 is 23.9 Å². The summed E-state index contributed by atoms with van der Waals surface area (Å²) in [7, 11) is 0. The van der Waals surface area contributed by atoms with E-state index in [2.05, 4.69) is 9.97 Å². The zero-order valence-corrected chi connectivity index (χ0v) is 13.5. The maximum atomic E-state index is 12.5. The monoisotopic (exact) mass is 349 g/mol. The normalized spacial score (nSPS) is 19.2. The number of carbonyl (C=O) groups excluding carboxylic acids is 1. The van der Waals surface area contributed by atoms with Gasteiger partial charge in [-0.25, -0.2) is 4.98 Å². The van der Waals surface area contributed by atoms with Crippen LogP contribution in [0.2, 0.25) is 0 Å². The topological polar surface area (TPSA) is 66.1 Å². The Hall–Kier alpha value is -1.51. The van der Waals surface area contributed by atoms with Gasteiger partial charge in [0, 0.05) is 18.3 Å². The molecule has 1 saturated heterocycles. The molecule has 0 bridgehead atoms. The Morgan fingerprint density at radius 1 is 1.43 bits per heavy atom. The molecule has 0 aromatic carbocycles.